The van der Waals surface area contributed by atoms with Gasteiger partial charge in [-0.25, -0.2) is 0 Å². The number of anilines is 1. The lowest BCUT2D eigenvalue weighted by atomic mass is 10.0. The first-order valence-corrected chi connectivity index (χ1v) is 6.31. The van der Waals surface area contributed by atoms with E-state index in [2.05, 4.69) is 20.3 Å². The number of nitrogens with two attached hydrogens (primary N) is 1. The fraction of sp³-hybridized carbons (Fsp3) is 0.636. The monoisotopic (exact) mass is 287 g/mol. The van der Waals surface area contributed by atoms with E-state index < -0.39 is 11.4 Å². The van der Waals surface area contributed by atoms with Gasteiger partial charge in [0, 0.05) is 12.0 Å². The molecule has 1 heterocycles. The summed E-state index contributed by atoms with van der Waals surface area (Å²) >= 11 is 5.79. The Hall–Kier alpha value is -1.63. The Morgan fingerprint density at radius 2 is 2.11 bits per heavy atom. The molecule has 1 amide bonds. The summed E-state index contributed by atoms with van der Waals surface area (Å²) in [6.45, 7) is 6.08. The predicted molar refractivity (Wildman–Crippen MR) is 72.1 cm³/mol. The zero-order valence-corrected chi connectivity index (χ0v) is 12.0. The van der Waals surface area contributed by atoms with E-state index >= 15 is 0 Å². The van der Waals surface area contributed by atoms with Crippen molar-refractivity contribution in [2.45, 2.75) is 39.2 Å². The molecule has 1 aromatic rings. The number of nitrogens with zero attached hydrogens (tertiary/aromatic N) is 3. The summed E-state index contributed by atoms with van der Waals surface area (Å²) in [5.41, 5.74) is 4.59. The number of carbonyl (C=O) groups excluding carboxylic acids is 1. The zero-order valence-electron chi connectivity index (χ0n) is 11.2. The van der Waals surface area contributed by atoms with Crippen LogP contribution in [-0.4, -0.2) is 33.0 Å². The molecular weight excluding hydrogens is 270 g/mol. The summed E-state index contributed by atoms with van der Waals surface area (Å²) in [5.74, 6) is -0.169. The van der Waals surface area contributed by atoms with Gasteiger partial charge in [0.15, 0.2) is 0 Å². The first-order chi connectivity index (χ1) is 8.82. The number of hydrogen-bond acceptors (Lipinski definition) is 6. The van der Waals surface area contributed by atoms with Crippen molar-refractivity contribution in [1.29, 1.82) is 0 Å². The second kappa shape index (κ2) is 6.51. The highest BCUT2D eigenvalue weighted by atomic mass is 35.5. The molecule has 0 aliphatic carbocycles. The lowest BCUT2D eigenvalue weighted by molar-refractivity contribution is -0.118. The van der Waals surface area contributed by atoms with Gasteiger partial charge in [-0.15, -0.1) is 0 Å². The van der Waals surface area contributed by atoms with Gasteiger partial charge in [0.2, 0.25) is 17.1 Å². The second-order valence-electron chi connectivity index (χ2n) is 4.71. The molecule has 0 aliphatic heterocycles. The smallest absolute Gasteiger partial charge is 0.322 e. The molecule has 3 N–H and O–H groups in total. The SMILES string of the molecule is CCCOc1nc(Cl)nc(NC(C)(C)CC(N)=O)n1. The molecule has 0 bridgehead atoms. The minimum atomic E-state index is -0.585. The van der Waals surface area contributed by atoms with Crippen molar-refractivity contribution in [3.8, 4) is 6.01 Å². The van der Waals surface area contributed by atoms with E-state index in [1.165, 1.54) is 0 Å². The Morgan fingerprint density at radius 3 is 2.68 bits per heavy atom. The average molecular weight is 288 g/mol. The van der Waals surface area contributed by atoms with Gasteiger partial charge >= 0.3 is 6.01 Å². The Morgan fingerprint density at radius 1 is 1.42 bits per heavy atom. The van der Waals surface area contributed by atoms with E-state index in [4.69, 9.17) is 22.1 Å². The van der Waals surface area contributed by atoms with Gasteiger partial charge < -0.3 is 15.8 Å². The maximum atomic E-state index is 11.0. The number of aromatic nitrogens is 3. The number of nitrogens with one attached hydrogen (secondary N) is 1. The van der Waals surface area contributed by atoms with Crippen molar-refractivity contribution < 1.29 is 9.53 Å². The second-order valence-corrected chi connectivity index (χ2v) is 5.05. The summed E-state index contributed by atoms with van der Waals surface area (Å²) in [4.78, 5) is 22.8. The van der Waals surface area contributed by atoms with Crippen LogP contribution in [-0.2, 0) is 4.79 Å². The predicted octanol–water partition coefficient (Wildman–Crippen LogP) is 1.38. The fourth-order valence-electron chi connectivity index (χ4n) is 1.43. The summed E-state index contributed by atoms with van der Waals surface area (Å²) in [6.07, 6.45) is 0.973. The van der Waals surface area contributed by atoms with Crippen LogP contribution in [0.3, 0.4) is 0 Å². The molecule has 0 aromatic carbocycles. The molecule has 7 nitrogen and oxygen atoms in total. The van der Waals surface area contributed by atoms with Crippen LogP contribution in [0, 0.1) is 0 Å². The van der Waals surface area contributed by atoms with Crippen LogP contribution in [0.15, 0.2) is 0 Å². The number of ether oxygens (including phenoxy) is 1. The normalized spacial score (nSPS) is 11.2. The minimum Gasteiger partial charge on any atom is -0.463 e. The summed E-state index contributed by atoms with van der Waals surface area (Å²) < 4.78 is 5.29. The van der Waals surface area contributed by atoms with Crippen LogP contribution in [0.2, 0.25) is 5.28 Å². The highest BCUT2D eigenvalue weighted by Crippen LogP contribution is 2.18. The van der Waals surface area contributed by atoms with E-state index in [0.29, 0.717) is 6.61 Å². The quantitative estimate of drug-likeness (QED) is 0.785. The third kappa shape index (κ3) is 5.69. The van der Waals surface area contributed by atoms with Crippen LogP contribution in [0.25, 0.3) is 0 Å². The maximum Gasteiger partial charge on any atom is 0.322 e. The van der Waals surface area contributed by atoms with Gasteiger partial charge in [-0.1, -0.05) is 6.92 Å². The van der Waals surface area contributed by atoms with Gasteiger partial charge in [-0.3, -0.25) is 4.79 Å². The average Bonchev–Trinajstić information content (AvgIpc) is 2.22. The van der Waals surface area contributed by atoms with Gasteiger partial charge in [-0.2, -0.15) is 15.0 Å². The molecule has 106 valence electrons. The van der Waals surface area contributed by atoms with Crippen LogP contribution >= 0.6 is 11.6 Å². The molecule has 0 saturated carbocycles. The van der Waals surface area contributed by atoms with E-state index in [-0.39, 0.29) is 23.7 Å². The summed E-state index contributed by atoms with van der Waals surface area (Å²) in [7, 11) is 0. The molecule has 0 aliphatic rings. The minimum absolute atomic E-state index is 0.0264. The third-order valence-electron chi connectivity index (χ3n) is 2.09. The molecule has 0 spiro atoms. The third-order valence-corrected chi connectivity index (χ3v) is 2.26. The number of rotatable bonds is 7. The van der Waals surface area contributed by atoms with E-state index in [1.54, 1.807) is 0 Å². The van der Waals surface area contributed by atoms with Crippen LogP contribution in [0.4, 0.5) is 5.95 Å². The lowest BCUT2D eigenvalue weighted by Crippen LogP contribution is -2.36. The van der Waals surface area contributed by atoms with Gasteiger partial charge in [-0.05, 0) is 31.9 Å². The lowest BCUT2D eigenvalue weighted by Gasteiger charge is -2.24. The Bertz CT molecular complexity index is 453. The van der Waals surface area contributed by atoms with E-state index in [9.17, 15) is 4.79 Å². The molecule has 1 aromatic heterocycles. The van der Waals surface area contributed by atoms with Gasteiger partial charge in [0.1, 0.15) is 0 Å². The number of halogens is 1. The van der Waals surface area contributed by atoms with Crippen molar-refractivity contribution in [2.75, 3.05) is 11.9 Å². The van der Waals surface area contributed by atoms with Gasteiger partial charge in [0.25, 0.3) is 0 Å². The van der Waals surface area contributed by atoms with E-state index in [0.717, 1.165) is 6.42 Å². The fourth-order valence-corrected chi connectivity index (χ4v) is 1.58. The number of carbonyl (C=O) groups is 1. The maximum absolute atomic E-state index is 11.0. The van der Waals surface area contributed by atoms with Gasteiger partial charge in [0.05, 0.1) is 6.61 Å². The van der Waals surface area contributed by atoms with Crippen molar-refractivity contribution in [3.63, 3.8) is 0 Å². The topological polar surface area (TPSA) is 103 Å². The first-order valence-electron chi connectivity index (χ1n) is 5.93. The molecule has 0 atom stereocenters. The highest BCUT2D eigenvalue weighted by Gasteiger charge is 2.22. The number of hydrogen-bond donors (Lipinski definition) is 2. The standard InChI is InChI=1S/C11H18ClN5O2/c1-4-5-19-10-15-8(12)14-9(16-10)17-11(2,3)6-7(13)18/h4-6H2,1-3H3,(H2,13,18)(H,14,15,16,17). The molecule has 1 rings (SSSR count). The largest absolute Gasteiger partial charge is 0.463 e. The van der Waals surface area contributed by atoms with Crippen LogP contribution in [0.5, 0.6) is 6.01 Å². The van der Waals surface area contributed by atoms with Crippen molar-refractivity contribution >= 4 is 23.5 Å². The van der Waals surface area contributed by atoms with E-state index in [1.807, 2.05) is 20.8 Å². The van der Waals surface area contributed by atoms with Crippen molar-refractivity contribution in [1.82, 2.24) is 15.0 Å². The number of amides is 1. The molecule has 0 unspecified atom stereocenters. The van der Waals surface area contributed by atoms with Crippen LogP contribution < -0.4 is 15.8 Å². The molecule has 19 heavy (non-hydrogen) atoms. The van der Waals surface area contributed by atoms with Crippen molar-refractivity contribution in [3.05, 3.63) is 5.28 Å². The Labute approximate surface area is 116 Å². The molecule has 8 heteroatoms. The Balaban J connectivity index is 2.82. The highest BCUT2D eigenvalue weighted by molar-refractivity contribution is 6.28. The molecule has 0 saturated heterocycles. The molecule has 0 fully saturated rings. The Kier molecular flexibility index (Phi) is 5.29. The summed E-state index contributed by atoms with van der Waals surface area (Å²) in [6, 6.07) is 0.152. The zero-order chi connectivity index (χ0) is 14.5. The molecule has 0 radical (unpaired) electrons. The van der Waals surface area contributed by atoms with Crippen molar-refractivity contribution in [2.24, 2.45) is 5.73 Å². The number of primary amides is 1. The summed E-state index contributed by atoms with van der Waals surface area (Å²) in [5, 5.41) is 3.01. The molecular formula is C11H18ClN5O2. The van der Waals surface area contributed by atoms with Crippen LogP contribution in [0.1, 0.15) is 33.6 Å². The first kappa shape index (κ1) is 15.4.